The van der Waals surface area contributed by atoms with Crippen molar-refractivity contribution in [2.24, 2.45) is 0 Å². The Balaban J connectivity index is 2.02. The SMILES string of the molecule is C=CCOc1ccc(/C=C/C(=O)NC(C)c2ccc(OC)c(F)c2)cc1OC. The molecule has 1 unspecified atom stereocenters. The molecule has 0 aliphatic carbocycles. The lowest BCUT2D eigenvalue weighted by Crippen LogP contribution is -2.24. The molecule has 0 bridgehead atoms. The highest BCUT2D eigenvalue weighted by molar-refractivity contribution is 5.92. The van der Waals surface area contributed by atoms with Crippen LogP contribution < -0.4 is 19.5 Å². The Bertz CT molecular complexity index is 864. The van der Waals surface area contributed by atoms with Gasteiger partial charge in [-0.3, -0.25) is 4.79 Å². The fourth-order valence-electron chi connectivity index (χ4n) is 2.52. The van der Waals surface area contributed by atoms with Crippen LogP contribution in [0.15, 0.2) is 55.1 Å². The van der Waals surface area contributed by atoms with Gasteiger partial charge in [-0.2, -0.15) is 0 Å². The van der Waals surface area contributed by atoms with Gasteiger partial charge in [0.2, 0.25) is 5.91 Å². The van der Waals surface area contributed by atoms with Gasteiger partial charge in [0.25, 0.3) is 0 Å². The lowest BCUT2D eigenvalue weighted by molar-refractivity contribution is -0.117. The standard InChI is InChI=1S/C22H24FNO4/c1-5-12-28-20-9-6-16(13-21(20)27-4)7-11-22(25)24-15(2)17-8-10-19(26-3)18(23)14-17/h5-11,13-15H,1,12H2,2-4H3,(H,24,25)/b11-7+. The first-order valence-corrected chi connectivity index (χ1v) is 8.72. The highest BCUT2D eigenvalue weighted by Gasteiger charge is 2.11. The molecule has 0 heterocycles. The number of benzene rings is 2. The van der Waals surface area contributed by atoms with E-state index in [9.17, 15) is 9.18 Å². The lowest BCUT2D eigenvalue weighted by atomic mass is 10.1. The number of methoxy groups -OCH3 is 2. The summed E-state index contributed by atoms with van der Waals surface area (Å²) in [6, 6.07) is 9.58. The summed E-state index contributed by atoms with van der Waals surface area (Å²) in [5.74, 6) is 0.555. The second-order valence-corrected chi connectivity index (χ2v) is 5.97. The third-order valence-corrected chi connectivity index (χ3v) is 4.01. The number of hydrogen-bond acceptors (Lipinski definition) is 4. The molecule has 0 saturated heterocycles. The molecule has 148 valence electrons. The molecular formula is C22H24FNO4. The van der Waals surface area contributed by atoms with Gasteiger partial charge >= 0.3 is 0 Å². The van der Waals surface area contributed by atoms with E-state index in [1.165, 1.54) is 25.3 Å². The average Bonchev–Trinajstić information content (AvgIpc) is 2.70. The number of ether oxygens (including phenoxy) is 3. The summed E-state index contributed by atoms with van der Waals surface area (Å²) in [6.07, 6.45) is 4.72. The maximum atomic E-state index is 13.8. The summed E-state index contributed by atoms with van der Waals surface area (Å²) < 4.78 is 29.5. The number of nitrogens with one attached hydrogen (secondary N) is 1. The van der Waals surface area contributed by atoms with Crippen LogP contribution in [0.5, 0.6) is 17.2 Å². The number of rotatable bonds is 9. The fraction of sp³-hybridized carbons (Fsp3) is 0.227. The maximum Gasteiger partial charge on any atom is 0.244 e. The zero-order valence-corrected chi connectivity index (χ0v) is 16.2. The minimum atomic E-state index is -0.470. The number of hydrogen-bond donors (Lipinski definition) is 1. The first kappa shape index (κ1) is 21.0. The highest BCUT2D eigenvalue weighted by atomic mass is 19.1. The van der Waals surface area contributed by atoms with Gasteiger partial charge in [0, 0.05) is 6.08 Å². The zero-order chi connectivity index (χ0) is 20.5. The molecular weight excluding hydrogens is 361 g/mol. The normalized spacial score (nSPS) is 11.7. The van der Waals surface area contributed by atoms with Crippen molar-refractivity contribution in [1.82, 2.24) is 5.32 Å². The summed E-state index contributed by atoms with van der Waals surface area (Å²) in [5.41, 5.74) is 1.42. The maximum absolute atomic E-state index is 13.8. The summed E-state index contributed by atoms with van der Waals surface area (Å²) >= 11 is 0. The molecule has 0 aliphatic heterocycles. The molecule has 0 spiro atoms. The van der Waals surface area contributed by atoms with Crippen molar-refractivity contribution in [3.63, 3.8) is 0 Å². The molecule has 1 atom stereocenters. The molecule has 0 aromatic heterocycles. The minimum Gasteiger partial charge on any atom is -0.494 e. The van der Waals surface area contributed by atoms with E-state index in [0.29, 0.717) is 23.7 Å². The molecule has 0 fully saturated rings. The van der Waals surface area contributed by atoms with Gasteiger partial charge in [0.15, 0.2) is 23.1 Å². The van der Waals surface area contributed by atoms with Crippen LogP contribution in [0.3, 0.4) is 0 Å². The molecule has 2 aromatic carbocycles. The van der Waals surface area contributed by atoms with Crippen molar-refractivity contribution in [2.75, 3.05) is 20.8 Å². The van der Waals surface area contributed by atoms with Gasteiger partial charge in [0.05, 0.1) is 20.3 Å². The quantitative estimate of drug-likeness (QED) is 0.517. The monoisotopic (exact) mass is 385 g/mol. The molecule has 1 N–H and O–H groups in total. The van der Waals surface area contributed by atoms with E-state index in [2.05, 4.69) is 11.9 Å². The van der Waals surface area contributed by atoms with Crippen molar-refractivity contribution < 1.29 is 23.4 Å². The Morgan fingerprint density at radius 1 is 1.14 bits per heavy atom. The number of halogens is 1. The van der Waals surface area contributed by atoms with Crippen molar-refractivity contribution in [1.29, 1.82) is 0 Å². The third-order valence-electron chi connectivity index (χ3n) is 4.01. The van der Waals surface area contributed by atoms with Crippen LogP contribution in [0, 0.1) is 5.82 Å². The van der Waals surface area contributed by atoms with Crippen LogP contribution in [-0.2, 0) is 4.79 Å². The Labute approximate surface area is 164 Å². The lowest BCUT2D eigenvalue weighted by Gasteiger charge is -2.14. The Morgan fingerprint density at radius 2 is 1.86 bits per heavy atom. The predicted octanol–water partition coefficient (Wildman–Crippen LogP) is 4.30. The van der Waals surface area contributed by atoms with Gasteiger partial charge < -0.3 is 19.5 Å². The first-order chi connectivity index (χ1) is 13.5. The van der Waals surface area contributed by atoms with Crippen molar-refractivity contribution in [2.45, 2.75) is 13.0 Å². The topological polar surface area (TPSA) is 56.8 Å². The molecule has 1 amide bonds. The Hall–Kier alpha value is -3.28. The van der Waals surface area contributed by atoms with Crippen LogP contribution in [0.1, 0.15) is 24.1 Å². The van der Waals surface area contributed by atoms with Crippen LogP contribution in [0.4, 0.5) is 4.39 Å². The highest BCUT2D eigenvalue weighted by Crippen LogP contribution is 2.28. The van der Waals surface area contributed by atoms with E-state index in [-0.39, 0.29) is 17.7 Å². The van der Waals surface area contributed by atoms with Gasteiger partial charge in [0.1, 0.15) is 6.61 Å². The van der Waals surface area contributed by atoms with Crippen molar-refractivity contribution in [3.8, 4) is 17.2 Å². The van der Waals surface area contributed by atoms with Crippen LogP contribution >= 0.6 is 0 Å². The summed E-state index contributed by atoms with van der Waals surface area (Å²) in [4.78, 5) is 12.2. The largest absolute Gasteiger partial charge is 0.494 e. The van der Waals surface area contributed by atoms with E-state index >= 15 is 0 Å². The smallest absolute Gasteiger partial charge is 0.244 e. The summed E-state index contributed by atoms with van der Waals surface area (Å²) in [5, 5.41) is 2.80. The van der Waals surface area contributed by atoms with Crippen LogP contribution in [-0.4, -0.2) is 26.7 Å². The van der Waals surface area contributed by atoms with E-state index in [1.807, 2.05) is 6.07 Å². The second-order valence-electron chi connectivity index (χ2n) is 5.97. The van der Waals surface area contributed by atoms with Gasteiger partial charge in [-0.1, -0.05) is 24.8 Å². The van der Waals surface area contributed by atoms with Crippen molar-refractivity contribution >= 4 is 12.0 Å². The van der Waals surface area contributed by atoms with Gasteiger partial charge in [-0.15, -0.1) is 0 Å². The summed E-state index contributed by atoms with van der Waals surface area (Å²) in [6.45, 7) is 5.76. The van der Waals surface area contributed by atoms with Crippen LogP contribution in [0.25, 0.3) is 6.08 Å². The number of carbonyl (C=O) groups is 1. The van der Waals surface area contributed by atoms with E-state index in [1.54, 1.807) is 44.4 Å². The van der Waals surface area contributed by atoms with Gasteiger partial charge in [-0.05, 0) is 48.4 Å². The molecule has 5 nitrogen and oxygen atoms in total. The van der Waals surface area contributed by atoms with Crippen LogP contribution in [0.2, 0.25) is 0 Å². The Morgan fingerprint density at radius 3 is 2.50 bits per heavy atom. The molecule has 0 aliphatic rings. The van der Waals surface area contributed by atoms with E-state index < -0.39 is 5.82 Å². The third kappa shape index (κ3) is 5.61. The predicted molar refractivity (Wildman–Crippen MR) is 107 cm³/mol. The van der Waals surface area contributed by atoms with Crippen molar-refractivity contribution in [3.05, 3.63) is 72.1 Å². The van der Waals surface area contributed by atoms with Gasteiger partial charge in [-0.25, -0.2) is 4.39 Å². The zero-order valence-electron chi connectivity index (χ0n) is 16.2. The number of amides is 1. The second kappa shape index (κ2) is 10.2. The number of carbonyl (C=O) groups excluding carboxylic acids is 1. The minimum absolute atomic E-state index is 0.164. The molecule has 0 radical (unpaired) electrons. The first-order valence-electron chi connectivity index (χ1n) is 8.72. The average molecular weight is 385 g/mol. The Kier molecular flexibility index (Phi) is 7.63. The van der Waals surface area contributed by atoms with E-state index in [4.69, 9.17) is 14.2 Å². The fourth-order valence-corrected chi connectivity index (χ4v) is 2.52. The molecule has 0 saturated carbocycles. The van der Waals surface area contributed by atoms with E-state index in [0.717, 1.165) is 5.56 Å². The summed E-state index contributed by atoms with van der Waals surface area (Å²) in [7, 11) is 2.95. The molecule has 28 heavy (non-hydrogen) atoms. The molecule has 2 rings (SSSR count). The molecule has 6 heteroatoms. The molecule has 2 aromatic rings.